The van der Waals surface area contributed by atoms with Crippen molar-refractivity contribution in [3.8, 4) is 0 Å². The maximum absolute atomic E-state index is 13.1. The van der Waals surface area contributed by atoms with Crippen molar-refractivity contribution in [2.24, 2.45) is 11.8 Å². The number of carbonyl (C=O) groups is 4. The molecule has 0 fully saturated rings. The number of unbranched alkanes of at least 4 members (excludes halogenated alkanes) is 43. The number of phosphoric acid groups is 2. The van der Waals surface area contributed by atoms with E-state index in [4.69, 9.17) is 37.0 Å². The van der Waals surface area contributed by atoms with Crippen molar-refractivity contribution in [3.05, 3.63) is 24.3 Å². The van der Waals surface area contributed by atoms with Gasteiger partial charge in [-0.15, -0.1) is 0 Å². The Hall–Kier alpha value is -2.46. The fourth-order valence-electron chi connectivity index (χ4n) is 11.8. The van der Waals surface area contributed by atoms with Crippen molar-refractivity contribution in [2.75, 3.05) is 39.6 Å². The van der Waals surface area contributed by atoms with Crippen LogP contribution < -0.4 is 0 Å². The number of aliphatic hydroxyl groups excluding tert-OH is 1. The van der Waals surface area contributed by atoms with Crippen LogP contribution in [0.5, 0.6) is 0 Å². The Kier molecular flexibility index (Phi) is 69.4. The molecule has 19 heteroatoms. The molecule has 99 heavy (non-hydrogen) atoms. The number of aliphatic hydroxyl groups is 1. The molecule has 0 aliphatic carbocycles. The molecule has 0 aromatic rings. The fourth-order valence-corrected chi connectivity index (χ4v) is 13.4. The number of esters is 4. The molecular weight excluding hydrogens is 1290 g/mol. The topological polar surface area (TPSA) is 237 Å². The van der Waals surface area contributed by atoms with Gasteiger partial charge in [0.2, 0.25) is 0 Å². The normalized spacial score (nSPS) is 14.4. The molecule has 0 rings (SSSR count). The molecule has 0 aliphatic rings. The summed E-state index contributed by atoms with van der Waals surface area (Å²) in [6, 6.07) is 0. The van der Waals surface area contributed by atoms with E-state index in [1.807, 2.05) is 0 Å². The van der Waals surface area contributed by atoms with E-state index in [2.05, 4.69) is 65.8 Å². The van der Waals surface area contributed by atoms with Crippen LogP contribution in [-0.4, -0.2) is 96.7 Å². The predicted molar refractivity (Wildman–Crippen MR) is 404 cm³/mol. The van der Waals surface area contributed by atoms with Crippen LogP contribution in [0.3, 0.4) is 0 Å². The lowest BCUT2D eigenvalue weighted by molar-refractivity contribution is -0.161. The van der Waals surface area contributed by atoms with Gasteiger partial charge >= 0.3 is 39.5 Å². The fraction of sp³-hybridized carbons (Fsp3) is 0.900. The average Bonchev–Trinajstić information content (AvgIpc) is 1.03. The second kappa shape index (κ2) is 71.2. The molecule has 3 unspecified atom stereocenters. The van der Waals surface area contributed by atoms with Crippen LogP contribution in [0.1, 0.15) is 395 Å². The zero-order valence-electron chi connectivity index (χ0n) is 64.3. The predicted octanol–water partition coefficient (Wildman–Crippen LogP) is 23.4. The first kappa shape index (κ1) is 96.5. The number of rotatable bonds is 77. The second-order valence-electron chi connectivity index (χ2n) is 28.8. The third-order valence-electron chi connectivity index (χ3n) is 18.4. The number of ether oxygens (including phenoxy) is 4. The molecule has 0 amide bonds. The molecule has 0 radical (unpaired) electrons. The highest BCUT2D eigenvalue weighted by atomic mass is 31.2. The zero-order chi connectivity index (χ0) is 72.8. The molecule has 584 valence electrons. The van der Waals surface area contributed by atoms with Gasteiger partial charge in [-0.25, -0.2) is 9.13 Å². The molecule has 0 aliphatic heterocycles. The van der Waals surface area contributed by atoms with Crippen molar-refractivity contribution in [1.82, 2.24) is 0 Å². The van der Waals surface area contributed by atoms with E-state index in [1.54, 1.807) is 0 Å². The maximum atomic E-state index is 13.1. The number of hydrogen-bond acceptors (Lipinski definition) is 15. The second-order valence-corrected chi connectivity index (χ2v) is 31.7. The van der Waals surface area contributed by atoms with Crippen LogP contribution in [0.4, 0.5) is 0 Å². The van der Waals surface area contributed by atoms with Crippen molar-refractivity contribution < 1.29 is 80.2 Å². The van der Waals surface area contributed by atoms with E-state index in [0.717, 1.165) is 127 Å². The van der Waals surface area contributed by atoms with Crippen LogP contribution in [-0.2, 0) is 65.4 Å². The van der Waals surface area contributed by atoms with E-state index in [0.29, 0.717) is 25.7 Å². The number of phosphoric ester groups is 2. The van der Waals surface area contributed by atoms with Gasteiger partial charge in [0.25, 0.3) is 0 Å². The summed E-state index contributed by atoms with van der Waals surface area (Å²) < 4.78 is 68.6. The first-order valence-corrected chi connectivity index (χ1v) is 43.8. The Bertz CT molecular complexity index is 2000. The molecule has 3 N–H and O–H groups in total. The summed E-state index contributed by atoms with van der Waals surface area (Å²) in [5.41, 5.74) is 0. The lowest BCUT2D eigenvalue weighted by Crippen LogP contribution is -2.30. The van der Waals surface area contributed by atoms with E-state index in [-0.39, 0.29) is 25.7 Å². The zero-order valence-corrected chi connectivity index (χ0v) is 66.1. The number of carbonyl (C=O) groups excluding carboxylic acids is 4. The lowest BCUT2D eigenvalue weighted by Gasteiger charge is -2.21. The molecule has 17 nitrogen and oxygen atoms in total. The molecule has 6 atom stereocenters. The minimum atomic E-state index is -4.97. The van der Waals surface area contributed by atoms with E-state index < -0.39 is 97.5 Å². The Balaban J connectivity index is 5.28. The summed E-state index contributed by atoms with van der Waals surface area (Å²) >= 11 is 0. The van der Waals surface area contributed by atoms with Crippen molar-refractivity contribution >= 4 is 39.5 Å². The van der Waals surface area contributed by atoms with Crippen LogP contribution in [0, 0.1) is 11.8 Å². The highest BCUT2D eigenvalue weighted by molar-refractivity contribution is 7.47. The van der Waals surface area contributed by atoms with Crippen molar-refractivity contribution in [1.29, 1.82) is 0 Å². The summed E-state index contributed by atoms with van der Waals surface area (Å²) in [5, 5.41) is 10.6. The summed E-state index contributed by atoms with van der Waals surface area (Å²) in [6.07, 6.45) is 63.2. The van der Waals surface area contributed by atoms with Gasteiger partial charge in [-0.3, -0.25) is 37.3 Å². The Morgan fingerprint density at radius 1 is 0.333 bits per heavy atom. The SMILES string of the molecule is CCCCCC/C=C\C=C/CCCCCCCC(=O)OC[C@H](COP(=O)(O)OC[C@@H](O)COP(=O)(O)OC[C@@H](COC(=O)CCCCCCCCC(C)CC)OC(=O)CCCCCCCCCCCCCCCCC)OC(=O)CCCCCCCCCCCCCCCCCCC(C)C. The lowest BCUT2D eigenvalue weighted by atomic mass is 10.00. The Labute approximate surface area is 605 Å². The maximum Gasteiger partial charge on any atom is 0.472 e. The van der Waals surface area contributed by atoms with Crippen LogP contribution in [0.25, 0.3) is 0 Å². The molecule has 0 bridgehead atoms. The third-order valence-corrected chi connectivity index (χ3v) is 20.3. The first-order valence-electron chi connectivity index (χ1n) is 40.8. The van der Waals surface area contributed by atoms with Crippen molar-refractivity contribution in [2.45, 2.75) is 413 Å². The summed E-state index contributed by atoms with van der Waals surface area (Å²) in [6.45, 7) is 9.55. The quantitative estimate of drug-likeness (QED) is 0.0169. The van der Waals surface area contributed by atoms with E-state index >= 15 is 0 Å². The van der Waals surface area contributed by atoms with Crippen LogP contribution >= 0.6 is 15.6 Å². The van der Waals surface area contributed by atoms with Gasteiger partial charge in [0.1, 0.15) is 19.3 Å². The first-order chi connectivity index (χ1) is 47.9. The largest absolute Gasteiger partial charge is 0.472 e. The third kappa shape index (κ3) is 72.3. The monoisotopic (exact) mass is 1450 g/mol. The van der Waals surface area contributed by atoms with E-state index in [9.17, 15) is 43.2 Å². The molecule has 0 aromatic carbocycles. The average molecular weight is 1450 g/mol. The highest BCUT2D eigenvalue weighted by Gasteiger charge is 2.30. The molecule has 0 aromatic heterocycles. The minimum Gasteiger partial charge on any atom is -0.462 e. The molecule has 0 spiro atoms. The smallest absolute Gasteiger partial charge is 0.462 e. The number of hydrogen-bond donors (Lipinski definition) is 3. The molecule has 0 saturated carbocycles. The van der Waals surface area contributed by atoms with E-state index in [1.165, 1.54) is 186 Å². The Morgan fingerprint density at radius 2 is 0.596 bits per heavy atom. The molecule has 0 heterocycles. The highest BCUT2D eigenvalue weighted by Crippen LogP contribution is 2.45. The summed E-state index contributed by atoms with van der Waals surface area (Å²) in [7, 11) is -9.93. The van der Waals surface area contributed by atoms with Crippen molar-refractivity contribution in [3.63, 3.8) is 0 Å². The number of allylic oxidation sites excluding steroid dienone is 4. The molecule has 0 saturated heterocycles. The van der Waals surface area contributed by atoms with Gasteiger partial charge in [0.05, 0.1) is 26.4 Å². The Morgan fingerprint density at radius 3 is 0.909 bits per heavy atom. The van der Waals surface area contributed by atoms with Gasteiger partial charge in [0.15, 0.2) is 12.2 Å². The summed E-state index contributed by atoms with van der Waals surface area (Å²) in [4.78, 5) is 73.0. The van der Waals surface area contributed by atoms with Gasteiger partial charge in [-0.2, -0.15) is 0 Å². The standard InChI is InChI=1S/C80H152O17P2/c1-7-10-12-14-16-18-20-22-26-31-35-39-43-50-56-62-77(82)90-68-75(96-79(84)64-59-53-45-41-37-33-29-25-24-28-30-34-38-42-48-54-60-72(4)5)70-94-98(86,87)92-66-74(81)67-93-99(88,89)95-71-76(69-91-78(83)63-57-51-47-46-49-55-61-73(6)9-3)97-80(85)65-58-52-44-40-36-32-27-23-21-19-17-15-13-11-8-2/h18,20,22,26,72-76,81H,7-17,19,21,23-25,27-71H2,1-6H3,(H,86,87)(H,88,89)/b20-18-,26-22-/t73?,74-,75-,76-/m1/s1. The van der Waals surface area contributed by atoms with Crippen LogP contribution in [0.15, 0.2) is 24.3 Å². The van der Waals surface area contributed by atoms with Crippen LogP contribution in [0.2, 0.25) is 0 Å². The van der Waals surface area contributed by atoms with Gasteiger partial charge < -0.3 is 33.8 Å². The van der Waals surface area contributed by atoms with Gasteiger partial charge in [-0.05, 0) is 63.2 Å². The summed E-state index contributed by atoms with van der Waals surface area (Å²) in [5.74, 6) is -0.604. The molecular formula is C80H152O17P2. The minimum absolute atomic E-state index is 0.101. The van der Waals surface area contributed by atoms with Gasteiger partial charge in [-0.1, -0.05) is 342 Å². The van der Waals surface area contributed by atoms with Gasteiger partial charge in [0, 0.05) is 25.7 Å².